The molecule has 0 aliphatic heterocycles. The molecule has 0 aromatic heterocycles. The van der Waals surface area contributed by atoms with E-state index in [0.717, 1.165) is 52.0 Å². The molecule has 6 nitrogen and oxygen atoms in total. The fraction of sp³-hybridized carbons (Fsp3) is 1.00. The van der Waals surface area contributed by atoms with Crippen LogP contribution in [0, 0.1) is 0 Å². The van der Waals surface area contributed by atoms with E-state index < -0.39 is 0 Å². The molecule has 4 unspecified atom stereocenters. The van der Waals surface area contributed by atoms with Gasteiger partial charge in [-0.1, -0.05) is 89.9 Å². The van der Waals surface area contributed by atoms with Crippen LogP contribution in [0.25, 0.3) is 0 Å². The minimum atomic E-state index is 0.330. The molecule has 0 heterocycles. The lowest BCUT2D eigenvalue weighted by Gasteiger charge is -2.40. The monoisotopic (exact) mass is 629 g/mol. The van der Waals surface area contributed by atoms with Crippen molar-refractivity contribution in [2.24, 2.45) is 0 Å². The zero-order valence-corrected chi connectivity index (χ0v) is 30.7. The fourth-order valence-corrected chi connectivity index (χ4v) is 6.89. The summed E-state index contributed by atoms with van der Waals surface area (Å²) in [5.74, 6) is 0. The molecule has 0 saturated heterocycles. The molecule has 0 bridgehead atoms. The normalized spacial score (nSPS) is 14.9. The molecule has 2 N–H and O–H groups in total. The van der Waals surface area contributed by atoms with Crippen molar-refractivity contribution in [1.82, 2.24) is 9.80 Å². The third-order valence-corrected chi connectivity index (χ3v) is 9.88. The van der Waals surface area contributed by atoms with Crippen molar-refractivity contribution in [3.63, 3.8) is 0 Å². The molecular weight excluding hydrogens is 548 g/mol. The molecule has 0 radical (unpaired) electrons. The summed E-state index contributed by atoms with van der Waals surface area (Å²) in [4.78, 5) is 5.71. The summed E-state index contributed by atoms with van der Waals surface area (Å²) < 4.78 is 10.5. The maximum atomic E-state index is 9.11. The Balaban J connectivity index is 5.25. The molecule has 0 aliphatic rings. The van der Waals surface area contributed by atoms with Gasteiger partial charge in [0.05, 0.1) is 0 Å². The third-order valence-electron chi connectivity index (χ3n) is 9.88. The fourth-order valence-electron chi connectivity index (χ4n) is 6.89. The Kier molecular flexibility index (Phi) is 32.5. The third kappa shape index (κ3) is 24.9. The quantitative estimate of drug-likeness (QED) is 0.0683. The van der Waals surface area contributed by atoms with Crippen molar-refractivity contribution in [3.05, 3.63) is 0 Å². The van der Waals surface area contributed by atoms with Gasteiger partial charge in [0, 0.05) is 77.9 Å². The number of aliphatic hydroxyl groups is 2. The first-order valence-electron chi connectivity index (χ1n) is 19.1. The van der Waals surface area contributed by atoms with Crippen LogP contribution in [-0.4, -0.2) is 97.9 Å². The van der Waals surface area contributed by atoms with E-state index in [1.54, 1.807) is 0 Å². The molecule has 0 aromatic rings. The van der Waals surface area contributed by atoms with Gasteiger partial charge in [0.15, 0.2) is 0 Å². The van der Waals surface area contributed by atoms with Crippen LogP contribution in [0.2, 0.25) is 0 Å². The second-order valence-corrected chi connectivity index (χ2v) is 13.8. The molecule has 0 rings (SSSR count). The van der Waals surface area contributed by atoms with E-state index in [9.17, 15) is 0 Å². The van der Waals surface area contributed by atoms with Crippen LogP contribution in [0.4, 0.5) is 0 Å². The summed E-state index contributed by atoms with van der Waals surface area (Å²) in [6.07, 6.45) is 27.1. The number of hydrogen-bond acceptors (Lipinski definition) is 6. The smallest absolute Gasteiger partial charge is 0.0462 e. The van der Waals surface area contributed by atoms with Crippen LogP contribution in [-0.2, 0) is 9.47 Å². The molecule has 4 atom stereocenters. The maximum absolute atomic E-state index is 9.11. The van der Waals surface area contributed by atoms with Gasteiger partial charge in [0.25, 0.3) is 0 Å². The van der Waals surface area contributed by atoms with E-state index >= 15 is 0 Å². The molecule has 0 saturated carbocycles. The lowest BCUT2D eigenvalue weighted by molar-refractivity contribution is 0.0779. The lowest BCUT2D eigenvalue weighted by atomic mass is 10.0. The van der Waals surface area contributed by atoms with Gasteiger partial charge in [-0.15, -0.1) is 0 Å². The topological polar surface area (TPSA) is 65.4 Å². The first-order chi connectivity index (χ1) is 21.4. The molecule has 0 aliphatic carbocycles. The van der Waals surface area contributed by atoms with Crippen LogP contribution < -0.4 is 0 Å². The van der Waals surface area contributed by atoms with Crippen LogP contribution >= 0.6 is 0 Å². The van der Waals surface area contributed by atoms with Crippen LogP contribution in [0.15, 0.2) is 0 Å². The van der Waals surface area contributed by atoms with Gasteiger partial charge in [0.2, 0.25) is 0 Å². The van der Waals surface area contributed by atoms with E-state index in [0.29, 0.717) is 37.4 Å². The van der Waals surface area contributed by atoms with E-state index in [2.05, 4.69) is 37.5 Å². The number of rotatable bonds is 35. The minimum Gasteiger partial charge on any atom is -0.396 e. The average molecular weight is 629 g/mol. The average Bonchev–Trinajstić information content (AvgIpc) is 3.01. The summed E-state index contributed by atoms with van der Waals surface area (Å²) in [7, 11) is 3.62. The molecule has 0 fully saturated rings. The van der Waals surface area contributed by atoms with Crippen LogP contribution in [0.5, 0.6) is 0 Å². The van der Waals surface area contributed by atoms with Gasteiger partial charge in [0.1, 0.15) is 0 Å². The van der Waals surface area contributed by atoms with Crippen molar-refractivity contribution in [3.8, 4) is 0 Å². The largest absolute Gasteiger partial charge is 0.396 e. The molecule has 6 heteroatoms. The summed E-state index contributed by atoms with van der Waals surface area (Å²) in [5.41, 5.74) is 0. The van der Waals surface area contributed by atoms with Gasteiger partial charge in [-0.25, -0.2) is 0 Å². The maximum Gasteiger partial charge on any atom is 0.0462 e. The first-order valence-corrected chi connectivity index (χ1v) is 19.1. The summed E-state index contributed by atoms with van der Waals surface area (Å²) in [6, 6.07) is 2.44. The van der Waals surface area contributed by atoms with Gasteiger partial charge >= 0.3 is 0 Å². The predicted molar refractivity (Wildman–Crippen MR) is 191 cm³/mol. The Hall–Kier alpha value is -0.240. The Labute approximate surface area is 276 Å². The molecule has 0 aromatic carbocycles. The van der Waals surface area contributed by atoms with Crippen molar-refractivity contribution in [2.45, 2.75) is 193 Å². The highest BCUT2D eigenvalue weighted by Crippen LogP contribution is 2.22. The highest BCUT2D eigenvalue weighted by atomic mass is 16.5. The van der Waals surface area contributed by atoms with E-state index in [1.807, 2.05) is 14.2 Å². The Bertz CT molecular complexity index is 475. The standard InChI is InChI=1S/C38H80N2O4/c1-35(25-17-9-7-13-21-31-41)39(36(2)26-18-10-8-14-22-32-42)29-30-40(37(3)27-19-11-15-23-33-43-5)38(4)28-20-12-16-24-34-44-6/h35-38,41-42H,7-34H2,1-6H3. The van der Waals surface area contributed by atoms with E-state index in [-0.39, 0.29) is 0 Å². The molecule has 266 valence electrons. The number of ether oxygens (including phenoxy) is 2. The van der Waals surface area contributed by atoms with E-state index in [4.69, 9.17) is 19.7 Å². The predicted octanol–water partition coefficient (Wildman–Crippen LogP) is 9.00. The summed E-state index contributed by atoms with van der Waals surface area (Å²) >= 11 is 0. The number of methoxy groups -OCH3 is 2. The Morgan fingerprint density at radius 1 is 0.386 bits per heavy atom. The highest BCUT2D eigenvalue weighted by molar-refractivity contribution is 4.80. The van der Waals surface area contributed by atoms with Gasteiger partial charge in [-0.05, 0) is 79.1 Å². The lowest BCUT2D eigenvalue weighted by Crippen LogP contribution is -2.49. The molecule has 0 amide bonds. The summed E-state index contributed by atoms with van der Waals surface area (Å²) in [5, 5.41) is 18.2. The Morgan fingerprint density at radius 3 is 0.909 bits per heavy atom. The second kappa shape index (κ2) is 32.7. The van der Waals surface area contributed by atoms with Crippen LogP contribution in [0.3, 0.4) is 0 Å². The number of unbranched alkanes of at least 4 members (excludes halogenated alkanes) is 14. The zero-order valence-electron chi connectivity index (χ0n) is 30.7. The van der Waals surface area contributed by atoms with Gasteiger partial charge < -0.3 is 19.7 Å². The minimum absolute atomic E-state index is 0.330. The van der Waals surface area contributed by atoms with Gasteiger partial charge in [-0.2, -0.15) is 0 Å². The number of nitrogens with zero attached hydrogens (tertiary/aromatic N) is 2. The summed E-state index contributed by atoms with van der Waals surface area (Å²) in [6.45, 7) is 14.7. The molecular formula is C38H80N2O4. The first kappa shape index (κ1) is 43.8. The van der Waals surface area contributed by atoms with Crippen molar-refractivity contribution in [1.29, 1.82) is 0 Å². The van der Waals surface area contributed by atoms with Crippen molar-refractivity contribution >= 4 is 0 Å². The SMILES string of the molecule is COCCCCCCC(C)N(CCN(C(C)CCCCCCCO)C(C)CCCCCCCO)C(C)CCCCCCOC. The van der Waals surface area contributed by atoms with Gasteiger partial charge in [-0.3, -0.25) is 9.80 Å². The zero-order chi connectivity index (χ0) is 32.7. The molecule has 44 heavy (non-hydrogen) atoms. The van der Waals surface area contributed by atoms with Crippen LogP contribution in [0.1, 0.15) is 169 Å². The molecule has 0 spiro atoms. The second-order valence-electron chi connectivity index (χ2n) is 13.8. The number of aliphatic hydroxyl groups excluding tert-OH is 2. The van der Waals surface area contributed by atoms with Crippen molar-refractivity contribution < 1.29 is 19.7 Å². The van der Waals surface area contributed by atoms with E-state index in [1.165, 1.54) is 116 Å². The Morgan fingerprint density at radius 2 is 0.636 bits per heavy atom. The highest BCUT2D eigenvalue weighted by Gasteiger charge is 2.24. The van der Waals surface area contributed by atoms with Crippen molar-refractivity contribution in [2.75, 3.05) is 53.7 Å². The number of hydrogen-bond donors (Lipinski definition) is 2.